The van der Waals surface area contributed by atoms with E-state index in [-0.39, 0.29) is 36.3 Å². The predicted octanol–water partition coefficient (Wildman–Crippen LogP) is 0.372. The molecule has 13 heteroatoms. The van der Waals surface area contributed by atoms with Crippen molar-refractivity contribution >= 4 is 23.4 Å². The van der Waals surface area contributed by atoms with Gasteiger partial charge in [0.15, 0.2) is 5.60 Å². The maximum absolute atomic E-state index is 14.3. The first-order valence-electron chi connectivity index (χ1n) is 14.1. The Labute approximate surface area is 252 Å². The molecular formula is C31H34N4O9. The number of methoxy groups -OCH3 is 1. The Morgan fingerprint density at radius 3 is 2.50 bits per heavy atom. The van der Waals surface area contributed by atoms with Crippen molar-refractivity contribution < 1.29 is 44.3 Å². The van der Waals surface area contributed by atoms with E-state index < -0.39 is 64.0 Å². The lowest BCUT2D eigenvalue weighted by molar-refractivity contribution is -0.127. The maximum atomic E-state index is 14.3. The van der Waals surface area contributed by atoms with E-state index in [0.717, 1.165) is 5.56 Å². The molecule has 5 atom stereocenters. The van der Waals surface area contributed by atoms with Gasteiger partial charge in [0.05, 0.1) is 25.3 Å². The first-order valence-corrected chi connectivity index (χ1v) is 14.1. The molecule has 1 saturated heterocycles. The summed E-state index contributed by atoms with van der Waals surface area (Å²) in [5.74, 6) is -6.83. The number of carbonyl (C=O) groups is 3. The van der Waals surface area contributed by atoms with Crippen LogP contribution in [0.2, 0.25) is 0 Å². The number of likely N-dealkylation sites (N-methyl/N-ethyl adjacent to an activating group) is 1. The highest BCUT2D eigenvalue weighted by molar-refractivity contribution is 6.14. The van der Waals surface area contributed by atoms with Gasteiger partial charge in [-0.2, -0.15) is 0 Å². The largest absolute Gasteiger partial charge is 0.510 e. The smallest absolute Gasteiger partial charge is 0.253 e. The average Bonchev–Trinajstić information content (AvgIpc) is 3.58. The number of aromatic hydroxyl groups is 1. The number of phenolic OH excluding ortho intramolecular Hbond substituents is 1. The SMILES string of the molecule is COc1ccc(CNCC(N)=O)cc1-c1ccc(O)c2c1C[C@H]1C[C@H]3[C@H](N(C)C)C(O)=C(C(N)=O)C4(O)O[C@]34C(=O)C1=C2O. The van der Waals surface area contributed by atoms with E-state index >= 15 is 0 Å². The lowest BCUT2D eigenvalue weighted by atomic mass is 9.58. The summed E-state index contributed by atoms with van der Waals surface area (Å²) < 4.78 is 11.3. The molecule has 232 valence electrons. The molecule has 0 radical (unpaired) electrons. The van der Waals surface area contributed by atoms with E-state index in [0.29, 0.717) is 29.0 Å². The molecule has 4 aliphatic rings. The van der Waals surface area contributed by atoms with Crippen molar-refractivity contribution in [3.63, 3.8) is 0 Å². The van der Waals surface area contributed by atoms with Crippen LogP contribution < -0.4 is 21.5 Å². The Morgan fingerprint density at radius 1 is 1.14 bits per heavy atom. The van der Waals surface area contributed by atoms with E-state index in [4.69, 9.17) is 20.9 Å². The molecule has 1 unspecified atom stereocenters. The highest BCUT2D eigenvalue weighted by Crippen LogP contribution is 2.67. The molecule has 2 amide bonds. The molecule has 44 heavy (non-hydrogen) atoms. The zero-order valence-electron chi connectivity index (χ0n) is 24.4. The molecule has 2 fully saturated rings. The van der Waals surface area contributed by atoms with E-state index in [9.17, 15) is 34.8 Å². The number of hydrogen-bond donors (Lipinski definition) is 7. The number of nitrogens with zero attached hydrogens (tertiary/aromatic N) is 1. The van der Waals surface area contributed by atoms with Crippen LogP contribution in [0, 0.1) is 11.8 Å². The summed E-state index contributed by atoms with van der Waals surface area (Å²) in [6.45, 7) is 0.337. The summed E-state index contributed by atoms with van der Waals surface area (Å²) in [6.07, 6.45) is 0.408. The van der Waals surface area contributed by atoms with Gasteiger partial charge in [-0.1, -0.05) is 12.1 Å². The third kappa shape index (κ3) is 3.97. The van der Waals surface area contributed by atoms with Crippen LogP contribution in [0.15, 0.2) is 47.2 Å². The van der Waals surface area contributed by atoms with Crippen LogP contribution in [-0.2, 0) is 32.1 Å². The van der Waals surface area contributed by atoms with Crippen molar-refractivity contribution in [2.75, 3.05) is 27.7 Å². The molecule has 13 nitrogen and oxygen atoms in total. The minimum absolute atomic E-state index is 0.00571. The molecule has 2 aromatic rings. The Balaban J connectivity index is 1.48. The second-order valence-electron chi connectivity index (χ2n) is 11.9. The zero-order chi connectivity index (χ0) is 31.9. The zero-order valence-corrected chi connectivity index (χ0v) is 24.4. The van der Waals surface area contributed by atoms with Gasteiger partial charge in [0.1, 0.15) is 28.6 Å². The van der Waals surface area contributed by atoms with Crippen LogP contribution in [-0.4, -0.2) is 88.1 Å². The molecule has 6 rings (SSSR count). The highest BCUT2D eigenvalue weighted by atomic mass is 16.8. The fraction of sp³-hybridized carbons (Fsp3) is 0.387. The fourth-order valence-electron chi connectivity index (χ4n) is 7.51. The summed E-state index contributed by atoms with van der Waals surface area (Å²) >= 11 is 0. The summed E-state index contributed by atoms with van der Waals surface area (Å²) in [5, 5.41) is 48.1. The number of nitrogens with one attached hydrogen (secondary N) is 1. The number of aliphatic hydroxyl groups is 3. The van der Waals surface area contributed by atoms with Gasteiger partial charge in [-0.25, -0.2) is 0 Å². The molecule has 0 bridgehead atoms. The number of phenols is 1. The fourth-order valence-corrected chi connectivity index (χ4v) is 7.51. The van der Waals surface area contributed by atoms with Gasteiger partial charge in [0, 0.05) is 23.6 Å². The number of ketones is 1. The number of primary amides is 2. The molecule has 9 N–H and O–H groups in total. The van der Waals surface area contributed by atoms with E-state index in [2.05, 4.69) is 5.32 Å². The number of nitrogens with two attached hydrogens (primary N) is 2. The lowest BCUT2D eigenvalue weighted by Gasteiger charge is -2.46. The number of rotatable bonds is 8. The molecule has 1 aliphatic heterocycles. The summed E-state index contributed by atoms with van der Waals surface area (Å²) in [5.41, 5.74) is 11.0. The quantitative estimate of drug-likeness (QED) is 0.203. The summed E-state index contributed by atoms with van der Waals surface area (Å²) in [6, 6.07) is 7.70. The summed E-state index contributed by atoms with van der Waals surface area (Å²) in [7, 11) is 4.85. The molecule has 1 spiro atoms. The third-order valence-corrected chi connectivity index (χ3v) is 9.30. The monoisotopic (exact) mass is 606 g/mol. The number of benzene rings is 2. The first-order chi connectivity index (χ1) is 20.8. The topological polar surface area (TPSA) is 221 Å². The third-order valence-electron chi connectivity index (χ3n) is 9.30. The number of fused-ring (bicyclic) bond motifs is 2. The number of Topliss-reactive ketones (excluding diaryl/α,β-unsaturated/α-hetero) is 1. The average molecular weight is 607 g/mol. The van der Waals surface area contributed by atoms with E-state index in [1.165, 1.54) is 13.2 Å². The number of epoxide rings is 1. The standard InChI is InChI=1S/C31H34N4O9/c1-35(2)25-18-10-14-9-17-15(16-8-13(4-7-20(16)43-3)11-34-12-21(32)37)5-6-19(36)23(17)26(38)22(14)28(40)30(18)31(42,44-30)24(27(25)39)29(33)41/h4-8,14,18,25,34,36,38-39,42H,9-12H2,1-3H3,(H2,32,37)(H2,33,41)/t14-,18-,25-,30-,31?/m0/s1. The van der Waals surface area contributed by atoms with Crippen LogP contribution in [0.3, 0.4) is 0 Å². The van der Waals surface area contributed by atoms with Gasteiger partial charge in [-0.05, 0) is 67.7 Å². The first kappa shape index (κ1) is 29.6. The summed E-state index contributed by atoms with van der Waals surface area (Å²) in [4.78, 5) is 39.4. The molecule has 1 saturated carbocycles. The Hall–Kier alpha value is -4.43. The number of aliphatic hydroxyl groups excluding tert-OH is 2. The van der Waals surface area contributed by atoms with Crippen LogP contribution in [0.1, 0.15) is 23.1 Å². The van der Waals surface area contributed by atoms with Crippen molar-refractivity contribution in [3.8, 4) is 22.6 Å². The van der Waals surface area contributed by atoms with Crippen LogP contribution in [0.4, 0.5) is 0 Å². The van der Waals surface area contributed by atoms with Crippen LogP contribution >= 0.6 is 0 Å². The lowest BCUT2D eigenvalue weighted by Crippen LogP contribution is -2.60. The number of ether oxygens (including phenoxy) is 2. The molecule has 0 aromatic heterocycles. The second-order valence-corrected chi connectivity index (χ2v) is 11.9. The van der Waals surface area contributed by atoms with Gasteiger partial charge >= 0.3 is 0 Å². The van der Waals surface area contributed by atoms with Crippen molar-refractivity contribution in [2.45, 2.75) is 36.8 Å². The van der Waals surface area contributed by atoms with Gasteiger partial charge < -0.3 is 46.7 Å². The molecule has 2 aromatic carbocycles. The van der Waals surface area contributed by atoms with Gasteiger partial charge in [0.25, 0.3) is 5.91 Å². The highest BCUT2D eigenvalue weighted by Gasteiger charge is 2.85. The predicted molar refractivity (Wildman–Crippen MR) is 156 cm³/mol. The normalized spacial score (nSPS) is 28.7. The van der Waals surface area contributed by atoms with Gasteiger partial charge in [-0.3, -0.25) is 19.3 Å². The maximum Gasteiger partial charge on any atom is 0.253 e. The number of amides is 2. The van der Waals surface area contributed by atoms with Gasteiger partial charge in [0.2, 0.25) is 17.5 Å². The van der Waals surface area contributed by atoms with Crippen LogP contribution in [0.25, 0.3) is 16.9 Å². The number of hydrogen-bond acceptors (Lipinski definition) is 11. The molecular weight excluding hydrogens is 572 g/mol. The minimum atomic E-state index is -2.45. The molecule has 3 aliphatic carbocycles. The molecule has 1 heterocycles. The van der Waals surface area contributed by atoms with Crippen molar-refractivity contribution in [1.29, 1.82) is 0 Å². The Kier molecular flexibility index (Phi) is 6.77. The van der Waals surface area contributed by atoms with E-state index in [1.54, 1.807) is 31.1 Å². The Morgan fingerprint density at radius 2 is 1.86 bits per heavy atom. The van der Waals surface area contributed by atoms with Crippen LogP contribution in [0.5, 0.6) is 11.5 Å². The van der Waals surface area contributed by atoms with Crippen molar-refractivity contribution in [2.24, 2.45) is 23.3 Å². The van der Waals surface area contributed by atoms with Crippen molar-refractivity contribution in [3.05, 3.63) is 63.9 Å². The second kappa shape index (κ2) is 10.1. The number of carbonyl (C=O) groups excluding carboxylic acids is 3. The Bertz CT molecular complexity index is 1700. The van der Waals surface area contributed by atoms with Gasteiger partial charge in [-0.15, -0.1) is 0 Å². The van der Waals surface area contributed by atoms with E-state index in [1.807, 2.05) is 12.1 Å². The van der Waals surface area contributed by atoms with Crippen molar-refractivity contribution in [1.82, 2.24) is 10.2 Å². The minimum Gasteiger partial charge on any atom is -0.510 e.